The first kappa shape index (κ1) is 18.6. The Bertz CT molecular complexity index is 899. The standard InChI is InChI=1S/C22H24FN3O2/c1-15-4-2-6-19(24-15)20(27)25-17-5-3-11-22(14-17)12-13-26(21(22)28)18-9-7-16(23)8-10-18/h2,4,6-10,17H,3,5,11-14H2,1H3,(H,25,27). The van der Waals surface area contributed by atoms with Crippen LogP contribution < -0.4 is 10.2 Å². The van der Waals surface area contributed by atoms with Crippen LogP contribution >= 0.6 is 0 Å². The zero-order chi connectivity index (χ0) is 19.7. The molecule has 2 amide bonds. The van der Waals surface area contributed by atoms with Crippen molar-refractivity contribution in [1.29, 1.82) is 0 Å². The Kier molecular flexibility index (Phi) is 4.87. The van der Waals surface area contributed by atoms with E-state index in [9.17, 15) is 14.0 Å². The maximum atomic E-state index is 13.2. The van der Waals surface area contributed by atoms with Crippen LogP contribution in [0.3, 0.4) is 0 Å². The molecular weight excluding hydrogens is 357 g/mol. The molecule has 1 aromatic heterocycles. The lowest BCUT2D eigenvalue weighted by atomic mass is 9.71. The summed E-state index contributed by atoms with van der Waals surface area (Å²) in [6.45, 7) is 2.48. The molecule has 2 atom stereocenters. The lowest BCUT2D eigenvalue weighted by Crippen LogP contribution is -2.46. The second-order valence-corrected chi connectivity index (χ2v) is 7.89. The summed E-state index contributed by atoms with van der Waals surface area (Å²) in [5.41, 5.74) is 1.50. The highest BCUT2D eigenvalue weighted by atomic mass is 19.1. The van der Waals surface area contributed by atoms with Gasteiger partial charge in [0.25, 0.3) is 5.91 Å². The summed E-state index contributed by atoms with van der Waals surface area (Å²) in [7, 11) is 0. The van der Waals surface area contributed by atoms with E-state index in [1.54, 1.807) is 23.1 Å². The third-order valence-corrected chi connectivity index (χ3v) is 5.95. The predicted molar refractivity (Wildman–Crippen MR) is 104 cm³/mol. The minimum absolute atomic E-state index is 0.0410. The minimum atomic E-state index is -0.440. The van der Waals surface area contributed by atoms with E-state index in [1.807, 2.05) is 19.1 Å². The molecule has 5 nitrogen and oxygen atoms in total. The normalized spacial score (nSPS) is 24.6. The summed E-state index contributed by atoms with van der Waals surface area (Å²) in [6.07, 6.45) is 4.00. The monoisotopic (exact) mass is 381 g/mol. The third-order valence-electron chi connectivity index (χ3n) is 5.95. The molecule has 1 N–H and O–H groups in total. The first-order chi connectivity index (χ1) is 13.5. The zero-order valence-electron chi connectivity index (χ0n) is 16.0. The third kappa shape index (κ3) is 3.51. The number of pyridine rings is 1. The first-order valence-electron chi connectivity index (χ1n) is 9.79. The molecule has 1 aliphatic heterocycles. The van der Waals surface area contributed by atoms with E-state index in [-0.39, 0.29) is 23.7 Å². The average Bonchev–Trinajstić information content (AvgIpc) is 2.98. The number of halogens is 1. The van der Waals surface area contributed by atoms with Gasteiger partial charge in [0.1, 0.15) is 11.5 Å². The second kappa shape index (κ2) is 7.34. The smallest absolute Gasteiger partial charge is 0.270 e. The number of amides is 2. The molecule has 1 aliphatic carbocycles. The van der Waals surface area contributed by atoms with Crippen LogP contribution in [0.4, 0.5) is 10.1 Å². The van der Waals surface area contributed by atoms with Crippen molar-refractivity contribution in [2.75, 3.05) is 11.4 Å². The fraction of sp³-hybridized carbons (Fsp3) is 0.409. The van der Waals surface area contributed by atoms with Gasteiger partial charge in [0.15, 0.2) is 0 Å². The van der Waals surface area contributed by atoms with E-state index < -0.39 is 5.41 Å². The molecule has 6 heteroatoms. The van der Waals surface area contributed by atoms with Gasteiger partial charge in [-0.2, -0.15) is 0 Å². The number of hydrogen-bond acceptors (Lipinski definition) is 3. The number of carbonyl (C=O) groups excluding carboxylic acids is 2. The molecule has 2 unspecified atom stereocenters. The van der Waals surface area contributed by atoms with Gasteiger partial charge in [-0.05, 0) is 69.0 Å². The number of benzene rings is 1. The number of rotatable bonds is 3. The van der Waals surface area contributed by atoms with Crippen molar-refractivity contribution in [1.82, 2.24) is 10.3 Å². The van der Waals surface area contributed by atoms with Crippen LogP contribution in [0.1, 0.15) is 48.3 Å². The van der Waals surface area contributed by atoms with Gasteiger partial charge in [-0.1, -0.05) is 12.5 Å². The molecule has 2 fully saturated rings. The van der Waals surface area contributed by atoms with Crippen molar-refractivity contribution in [2.45, 2.75) is 45.1 Å². The molecule has 0 bridgehead atoms. The summed E-state index contributed by atoms with van der Waals surface area (Å²) in [4.78, 5) is 31.8. The molecule has 146 valence electrons. The Hall–Kier alpha value is -2.76. The Morgan fingerprint density at radius 2 is 2.00 bits per heavy atom. The van der Waals surface area contributed by atoms with E-state index >= 15 is 0 Å². The van der Waals surface area contributed by atoms with Gasteiger partial charge in [-0.15, -0.1) is 0 Å². The number of hydrogen-bond donors (Lipinski definition) is 1. The van der Waals surface area contributed by atoms with E-state index in [2.05, 4.69) is 10.3 Å². The van der Waals surface area contributed by atoms with Crippen molar-refractivity contribution in [3.8, 4) is 0 Å². The Labute approximate surface area is 164 Å². The van der Waals surface area contributed by atoms with Crippen LogP contribution in [-0.4, -0.2) is 29.4 Å². The Morgan fingerprint density at radius 1 is 1.21 bits per heavy atom. The highest BCUT2D eigenvalue weighted by molar-refractivity contribution is 6.00. The summed E-state index contributed by atoms with van der Waals surface area (Å²) in [5, 5.41) is 3.07. The highest BCUT2D eigenvalue weighted by Gasteiger charge is 2.49. The molecule has 4 rings (SSSR count). The topological polar surface area (TPSA) is 62.3 Å². The van der Waals surface area contributed by atoms with E-state index in [4.69, 9.17) is 0 Å². The number of nitrogens with zero attached hydrogens (tertiary/aromatic N) is 2. The van der Waals surface area contributed by atoms with Crippen LogP contribution in [-0.2, 0) is 4.79 Å². The van der Waals surface area contributed by atoms with Crippen molar-refractivity contribution >= 4 is 17.5 Å². The molecule has 28 heavy (non-hydrogen) atoms. The maximum absolute atomic E-state index is 13.2. The average molecular weight is 381 g/mol. The predicted octanol–water partition coefficient (Wildman–Crippen LogP) is 3.62. The van der Waals surface area contributed by atoms with Crippen LogP contribution in [0, 0.1) is 18.2 Å². The number of carbonyl (C=O) groups is 2. The van der Waals surface area contributed by atoms with Gasteiger partial charge in [0, 0.05) is 24.0 Å². The number of aromatic nitrogens is 1. The van der Waals surface area contributed by atoms with Gasteiger partial charge in [-0.25, -0.2) is 9.37 Å². The summed E-state index contributed by atoms with van der Waals surface area (Å²) in [6, 6.07) is 11.4. The van der Waals surface area contributed by atoms with Crippen LogP contribution in [0.15, 0.2) is 42.5 Å². The van der Waals surface area contributed by atoms with E-state index in [0.29, 0.717) is 18.7 Å². The fourth-order valence-corrected chi connectivity index (χ4v) is 4.52. The van der Waals surface area contributed by atoms with E-state index in [0.717, 1.165) is 37.1 Å². The number of aryl methyl sites for hydroxylation is 1. The van der Waals surface area contributed by atoms with Gasteiger partial charge < -0.3 is 10.2 Å². The largest absolute Gasteiger partial charge is 0.348 e. The van der Waals surface area contributed by atoms with Crippen LogP contribution in [0.25, 0.3) is 0 Å². The van der Waals surface area contributed by atoms with Crippen molar-refractivity contribution < 1.29 is 14.0 Å². The zero-order valence-corrected chi connectivity index (χ0v) is 16.0. The van der Waals surface area contributed by atoms with E-state index in [1.165, 1.54) is 12.1 Å². The summed E-state index contributed by atoms with van der Waals surface area (Å²) >= 11 is 0. The quantitative estimate of drug-likeness (QED) is 0.883. The van der Waals surface area contributed by atoms with Crippen molar-refractivity contribution in [3.63, 3.8) is 0 Å². The second-order valence-electron chi connectivity index (χ2n) is 7.89. The van der Waals surface area contributed by atoms with Gasteiger partial charge in [0.2, 0.25) is 5.91 Å². The lowest BCUT2D eigenvalue weighted by Gasteiger charge is -2.36. The molecule has 1 saturated carbocycles. The Morgan fingerprint density at radius 3 is 2.75 bits per heavy atom. The molecule has 2 heterocycles. The SMILES string of the molecule is Cc1cccc(C(=O)NC2CCCC3(CCN(c4ccc(F)cc4)C3=O)C2)n1. The molecule has 1 spiro atoms. The van der Waals surface area contributed by atoms with Crippen molar-refractivity contribution in [2.24, 2.45) is 5.41 Å². The first-order valence-corrected chi connectivity index (χ1v) is 9.79. The summed E-state index contributed by atoms with van der Waals surface area (Å²) < 4.78 is 13.2. The van der Waals surface area contributed by atoms with Crippen LogP contribution in [0.5, 0.6) is 0 Å². The molecular formula is C22H24FN3O2. The molecule has 2 aromatic rings. The van der Waals surface area contributed by atoms with Crippen LogP contribution in [0.2, 0.25) is 0 Å². The van der Waals surface area contributed by atoms with Gasteiger partial charge in [-0.3, -0.25) is 9.59 Å². The lowest BCUT2D eigenvalue weighted by molar-refractivity contribution is -0.127. The molecule has 1 saturated heterocycles. The van der Waals surface area contributed by atoms with Crippen molar-refractivity contribution in [3.05, 3.63) is 59.7 Å². The number of nitrogens with one attached hydrogen (secondary N) is 1. The molecule has 1 aromatic carbocycles. The maximum Gasteiger partial charge on any atom is 0.270 e. The molecule has 2 aliphatic rings. The fourth-order valence-electron chi connectivity index (χ4n) is 4.52. The molecule has 0 radical (unpaired) electrons. The van der Waals surface area contributed by atoms with Gasteiger partial charge in [0.05, 0.1) is 5.41 Å². The minimum Gasteiger partial charge on any atom is -0.348 e. The summed E-state index contributed by atoms with van der Waals surface area (Å²) in [5.74, 6) is -0.409. The van der Waals surface area contributed by atoms with Gasteiger partial charge >= 0.3 is 0 Å². The highest BCUT2D eigenvalue weighted by Crippen LogP contribution is 2.46. The number of anilines is 1. The Balaban J connectivity index is 1.46.